The van der Waals surface area contributed by atoms with Crippen LogP contribution in [0, 0.1) is 11.7 Å². The molecule has 0 aliphatic rings. The standard InChI is InChI=1S/C13H17BrFNO2/c1-9(8-17)3-2-6-16-13(18)11-5-4-10(15)7-12(11)14/h4-5,7,9,17H,2-3,6,8H2,1H3,(H,16,18). The molecule has 0 radical (unpaired) electrons. The maximum atomic E-state index is 12.9. The number of hydrogen-bond acceptors (Lipinski definition) is 2. The highest BCUT2D eigenvalue weighted by atomic mass is 79.9. The number of aliphatic hydroxyl groups excluding tert-OH is 1. The molecule has 1 aromatic rings. The summed E-state index contributed by atoms with van der Waals surface area (Å²) < 4.78 is 13.3. The molecule has 3 nitrogen and oxygen atoms in total. The average Bonchev–Trinajstić information content (AvgIpc) is 2.34. The van der Waals surface area contributed by atoms with E-state index >= 15 is 0 Å². The lowest BCUT2D eigenvalue weighted by molar-refractivity contribution is 0.0951. The number of carbonyl (C=O) groups is 1. The lowest BCUT2D eigenvalue weighted by Crippen LogP contribution is -2.25. The van der Waals surface area contributed by atoms with Crippen LogP contribution in [0.4, 0.5) is 4.39 Å². The number of benzene rings is 1. The van der Waals surface area contributed by atoms with Crippen LogP contribution in [0.25, 0.3) is 0 Å². The van der Waals surface area contributed by atoms with Crippen LogP contribution < -0.4 is 5.32 Å². The summed E-state index contributed by atoms with van der Waals surface area (Å²) in [6.45, 7) is 2.67. The van der Waals surface area contributed by atoms with E-state index in [2.05, 4.69) is 21.2 Å². The topological polar surface area (TPSA) is 49.3 Å². The molecule has 1 rings (SSSR count). The van der Waals surface area contributed by atoms with Crippen LogP contribution in [0.15, 0.2) is 22.7 Å². The summed E-state index contributed by atoms with van der Waals surface area (Å²) >= 11 is 3.16. The molecule has 1 aromatic carbocycles. The van der Waals surface area contributed by atoms with Crippen molar-refractivity contribution in [3.05, 3.63) is 34.1 Å². The van der Waals surface area contributed by atoms with Gasteiger partial charge in [0.25, 0.3) is 5.91 Å². The highest BCUT2D eigenvalue weighted by molar-refractivity contribution is 9.10. The minimum atomic E-state index is -0.379. The molecule has 0 spiro atoms. The Morgan fingerprint density at radius 2 is 2.28 bits per heavy atom. The van der Waals surface area contributed by atoms with E-state index in [0.717, 1.165) is 12.8 Å². The Morgan fingerprint density at radius 1 is 1.56 bits per heavy atom. The molecule has 0 saturated carbocycles. The van der Waals surface area contributed by atoms with Gasteiger partial charge in [-0.1, -0.05) is 6.92 Å². The van der Waals surface area contributed by atoms with E-state index in [1.807, 2.05) is 6.92 Å². The lowest BCUT2D eigenvalue weighted by Gasteiger charge is -2.09. The van der Waals surface area contributed by atoms with Crippen LogP contribution in [0.5, 0.6) is 0 Å². The summed E-state index contributed by atoms with van der Waals surface area (Å²) in [5.41, 5.74) is 0.423. The molecule has 5 heteroatoms. The minimum absolute atomic E-state index is 0.164. The van der Waals surface area contributed by atoms with Crippen molar-refractivity contribution in [2.45, 2.75) is 19.8 Å². The molecule has 0 heterocycles. The summed E-state index contributed by atoms with van der Waals surface area (Å²) in [4.78, 5) is 11.8. The van der Waals surface area contributed by atoms with E-state index in [1.54, 1.807) is 0 Å². The number of hydrogen-bond donors (Lipinski definition) is 2. The highest BCUT2D eigenvalue weighted by Gasteiger charge is 2.10. The monoisotopic (exact) mass is 317 g/mol. The first-order valence-electron chi connectivity index (χ1n) is 5.88. The van der Waals surface area contributed by atoms with Crippen LogP contribution in [-0.2, 0) is 0 Å². The Bertz CT molecular complexity index is 412. The van der Waals surface area contributed by atoms with Gasteiger partial charge in [0.2, 0.25) is 0 Å². The Labute approximate surface area is 115 Å². The molecule has 0 saturated heterocycles. The molecule has 2 N–H and O–H groups in total. The van der Waals surface area contributed by atoms with Gasteiger partial charge in [0.1, 0.15) is 5.82 Å². The molecule has 1 atom stereocenters. The molecule has 0 bridgehead atoms. The number of halogens is 2. The molecular weight excluding hydrogens is 301 g/mol. The van der Waals surface area contributed by atoms with Crippen LogP contribution in [-0.4, -0.2) is 24.2 Å². The Balaban J connectivity index is 2.41. The quantitative estimate of drug-likeness (QED) is 0.793. The van der Waals surface area contributed by atoms with Gasteiger partial charge in [-0.25, -0.2) is 4.39 Å². The van der Waals surface area contributed by atoms with Gasteiger partial charge in [-0.15, -0.1) is 0 Å². The van der Waals surface area contributed by atoms with Gasteiger partial charge in [0.15, 0.2) is 0 Å². The molecular formula is C13H17BrFNO2. The maximum Gasteiger partial charge on any atom is 0.252 e. The van der Waals surface area contributed by atoms with Gasteiger partial charge in [-0.3, -0.25) is 4.79 Å². The molecule has 100 valence electrons. The zero-order valence-electron chi connectivity index (χ0n) is 10.2. The van der Waals surface area contributed by atoms with Gasteiger partial charge in [-0.05, 0) is 52.9 Å². The summed E-state index contributed by atoms with van der Waals surface area (Å²) in [6.07, 6.45) is 1.67. The second kappa shape index (κ2) is 7.48. The molecule has 1 unspecified atom stereocenters. The third kappa shape index (κ3) is 4.74. The number of amides is 1. The normalized spacial score (nSPS) is 12.2. The van der Waals surface area contributed by atoms with Gasteiger partial charge in [-0.2, -0.15) is 0 Å². The number of rotatable bonds is 6. The smallest absolute Gasteiger partial charge is 0.252 e. The zero-order chi connectivity index (χ0) is 13.5. The van der Waals surface area contributed by atoms with Crippen molar-refractivity contribution in [1.29, 1.82) is 0 Å². The Hall–Kier alpha value is -0.940. The van der Waals surface area contributed by atoms with Crippen LogP contribution in [0.1, 0.15) is 30.1 Å². The first kappa shape index (κ1) is 15.1. The van der Waals surface area contributed by atoms with Crippen molar-refractivity contribution in [2.75, 3.05) is 13.2 Å². The summed E-state index contributed by atoms with van der Waals surface area (Å²) in [7, 11) is 0. The number of carbonyl (C=O) groups excluding carboxylic acids is 1. The summed E-state index contributed by atoms with van der Waals surface area (Å²) in [5.74, 6) is -0.354. The average molecular weight is 318 g/mol. The predicted molar refractivity (Wildman–Crippen MR) is 71.9 cm³/mol. The number of aliphatic hydroxyl groups is 1. The minimum Gasteiger partial charge on any atom is -0.396 e. The van der Waals surface area contributed by atoms with E-state index in [0.29, 0.717) is 16.6 Å². The van der Waals surface area contributed by atoms with Gasteiger partial charge >= 0.3 is 0 Å². The second-order valence-electron chi connectivity index (χ2n) is 4.31. The fourth-order valence-electron chi connectivity index (χ4n) is 1.51. The zero-order valence-corrected chi connectivity index (χ0v) is 11.8. The van der Waals surface area contributed by atoms with E-state index in [4.69, 9.17) is 5.11 Å². The Kier molecular flexibility index (Phi) is 6.29. The first-order chi connectivity index (χ1) is 8.54. The van der Waals surface area contributed by atoms with Gasteiger partial charge < -0.3 is 10.4 Å². The molecule has 0 aliphatic heterocycles. The van der Waals surface area contributed by atoms with Crippen LogP contribution in [0.2, 0.25) is 0 Å². The maximum absolute atomic E-state index is 12.9. The largest absolute Gasteiger partial charge is 0.396 e. The van der Waals surface area contributed by atoms with E-state index in [1.165, 1.54) is 18.2 Å². The third-order valence-corrected chi connectivity index (χ3v) is 3.30. The van der Waals surface area contributed by atoms with E-state index < -0.39 is 0 Å². The van der Waals surface area contributed by atoms with Crippen molar-refractivity contribution in [3.8, 4) is 0 Å². The van der Waals surface area contributed by atoms with E-state index in [9.17, 15) is 9.18 Å². The second-order valence-corrected chi connectivity index (χ2v) is 5.16. The van der Waals surface area contributed by atoms with E-state index in [-0.39, 0.29) is 24.2 Å². The summed E-state index contributed by atoms with van der Waals surface area (Å²) in [5, 5.41) is 11.6. The third-order valence-electron chi connectivity index (χ3n) is 2.65. The molecule has 1 amide bonds. The van der Waals surface area contributed by atoms with Gasteiger partial charge in [0, 0.05) is 17.6 Å². The SMILES string of the molecule is CC(CO)CCCNC(=O)c1ccc(F)cc1Br. The van der Waals surface area contributed by atoms with Crippen molar-refractivity contribution in [3.63, 3.8) is 0 Å². The fraction of sp³-hybridized carbons (Fsp3) is 0.462. The van der Waals surface area contributed by atoms with Crippen molar-refractivity contribution in [1.82, 2.24) is 5.32 Å². The highest BCUT2D eigenvalue weighted by Crippen LogP contribution is 2.17. The van der Waals surface area contributed by atoms with Crippen molar-refractivity contribution >= 4 is 21.8 Å². The molecule has 0 fully saturated rings. The molecule has 0 aromatic heterocycles. The lowest BCUT2D eigenvalue weighted by atomic mass is 10.1. The fourth-order valence-corrected chi connectivity index (χ4v) is 2.04. The Morgan fingerprint density at radius 3 is 2.89 bits per heavy atom. The number of nitrogens with one attached hydrogen (secondary N) is 1. The molecule has 18 heavy (non-hydrogen) atoms. The van der Waals surface area contributed by atoms with Gasteiger partial charge in [0.05, 0.1) is 5.56 Å². The predicted octanol–water partition coefficient (Wildman–Crippen LogP) is 2.73. The van der Waals surface area contributed by atoms with Crippen LogP contribution in [0.3, 0.4) is 0 Å². The molecule has 0 aliphatic carbocycles. The van der Waals surface area contributed by atoms with Crippen molar-refractivity contribution < 1.29 is 14.3 Å². The van der Waals surface area contributed by atoms with Crippen LogP contribution >= 0.6 is 15.9 Å². The van der Waals surface area contributed by atoms with Crippen molar-refractivity contribution in [2.24, 2.45) is 5.92 Å². The summed E-state index contributed by atoms with van der Waals surface area (Å²) in [6, 6.07) is 3.97. The first-order valence-corrected chi connectivity index (χ1v) is 6.68.